The van der Waals surface area contributed by atoms with E-state index in [1.54, 1.807) is 0 Å². The molecule has 130 valence electrons. The van der Waals surface area contributed by atoms with Crippen LogP contribution in [0.25, 0.3) is 10.9 Å². The van der Waals surface area contributed by atoms with Gasteiger partial charge in [0.25, 0.3) is 0 Å². The van der Waals surface area contributed by atoms with Gasteiger partial charge in [0.15, 0.2) is 0 Å². The number of para-hydroxylation sites is 1. The van der Waals surface area contributed by atoms with Gasteiger partial charge in [0.05, 0.1) is 0 Å². The number of nitrogens with zero attached hydrogens (tertiary/aromatic N) is 2. The first-order valence-corrected chi connectivity index (χ1v) is 8.35. The number of benzene rings is 1. The number of carboxylic acid groups (broad SMARTS) is 1. The topological polar surface area (TPSA) is 91.6 Å². The molecule has 0 radical (unpaired) electrons. The molecule has 1 aromatic heterocycles. The number of amides is 2. The van der Waals surface area contributed by atoms with E-state index in [2.05, 4.69) is 5.32 Å². The van der Waals surface area contributed by atoms with Crippen molar-refractivity contribution in [1.82, 2.24) is 14.8 Å². The highest BCUT2D eigenvalue weighted by molar-refractivity contribution is 6.00. The van der Waals surface area contributed by atoms with Crippen LogP contribution in [0.2, 0.25) is 0 Å². The lowest BCUT2D eigenvalue weighted by Gasteiger charge is -2.36. The number of aromatic nitrogens is 1. The van der Waals surface area contributed by atoms with Crippen molar-refractivity contribution in [2.24, 2.45) is 7.05 Å². The molecule has 0 aliphatic carbocycles. The summed E-state index contributed by atoms with van der Waals surface area (Å²) in [6.07, 6.45) is 3.02. The Morgan fingerprint density at radius 3 is 2.80 bits per heavy atom. The lowest BCUT2D eigenvalue weighted by atomic mass is 10.0. The van der Waals surface area contributed by atoms with E-state index in [1.807, 2.05) is 42.1 Å². The number of carbonyl (C=O) groups excluding carboxylic acids is 2. The van der Waals surface area contributed by atoms with Crippen molar-refractivity contribution in [2.75, 3.05) is 0 Å². The fraction of sp³-hybridized carbons (Fsp3) is 0.389. The first kappa shape index (κ1) is 15.7. The molecule has 3 atom stereocenters. The predicted octanol–water partition coefficient (Wildman–Crippen LogP) is 0.663. The molecule has 2 aliphatic rings. The van der Waals surface area contributed by atoms with E-state index >= 15 is 0 Å². The predicted molar refractivity (Wildman–Crippen MR) is 89.8 cm³/mol. The number of hydrogen-bond donors (Lipinski definition) is 2. The lowest BCUT2D eigenvalue weighted by Crippen LogP contribution is -2.64. The Morgan fingerprint density at radius 1 is 1.28 bits per heavy atom. The third kappa shape index (κ3) is 2.38. The average Bonchev–Trinajstić information content (AvgIpc) is 3.16. The van der Waals surface area contributed by atoms with Gasteiger partial charge in [-0.15, -0.1) is 0 Å². The van der Waals surface area contributed by atoms with E-state index in [0.717, 1.165) is 16.5 Å². The highest BCUT2D eigenvalue weighted by atomic mass is 16.4. The highest BCUT2D eigenvalue weighted by Crippen LogP contribution is 2.30. The summed E-state index contributed by atoms with van der Waals surface area (Å²) in [6.45, 7) is 0. The number of rotatable bonds is 3. The van der Waals surface area contributed by atoms with Crippen LogP contribution >= 0.6 is 0 Å². The van der Waals surface area contributed by atoms with E-state index in [1.165, 1.54) is 4.90 Å². The van der Waals surface area contributed by atoms with Crippen LogP contribution in [-0.4, -0.2) is 50.5 Å². The molecule has 2 amide bonds. The molecule has 0 bridgehead atoms. The number of hydrogen-bond acceptors (Lipinski definition) is 3. The fourth-order valence-electron chi connectivity index (χ4n) is 4.07. The average molecular weight is 341 g/mol. The summed E-state index contributed by atoms with van der Waals surface area (Å²) in [7, 11) is 1.93. The van der Waals surface area contributed by atoms with Crippen LogP contribution in [0.1, 0.15) is 18.4 Å². The maximum atomic E-state index is 12.9. The van der Waals surface area contributed by atoms with Gasteiger partial charge in [0, 0.05) is 30.6 Å². The molecular formula is C18H19N3O4. The first-order valence-electron chi connectivity index (χ1n) is 8.35. The van der Waals surface area contributed by atoms with Gasteiger partial charge in [-0.25, -0.2) is 4.79 Å². The van der Waals surface area contributed by atoms with E-state index in [0.29, 0.717) is 19.3 Å². The Hall–Kier alpha value is -2.83. The molecule has 0 spiro atoms. The van der Waals surface area contributed by atoms with Gasteiger partial charge in [-0.05, 0) is 24.5 Å². The number of aliphatic carboxylic acids is 1. The molecule has 1 aromatic carbocycles. The van der Waals surface area contributed by atoms with Crippen LogP contribution in [0.3, 0.4) is 0 Å². The van der Waals surface area contributed by atoms with Crippen LogP contribution in [0.5, 0.6) is 0 Å². The third-order valence-corrected chi connectivity index (χ3v) is 5.25. The molecule has 0 saturated carbocycles. The summed E-state index contributed by atoms with van der Waals surface area (Å²) >= 11 is 0. The Labute approximate surface area is 144 Å². The van der Waals surface area contributed by atoms with Crippen molar-refractivity contribution in [3.63, 3.8) is 0 Å². The van der Waals surface area contributed by atoms with Crippen molar-refractivity contribution in [3.8, 4) is 0 Å². The third-order valence-electron chi connectivity index (χ3n) is 5.25. The molecule has 0 unspecified atom stereocenters. The number of carbonyl (C=O) groups is 3. The van der Waals surface area contributed by atoms with Gasteiger partial charge in [-0.1, -0.05) is 18.2 Å². The van der Waals surface area contributed by atoms with E-state index in [4.69, 9.17) is 0 Å². The Bertz CT molecular complexity index is 882. The van der Waals surface area contributed by atoms with Crippen LogP contribution in [0, 0.1) is 0 Å². The zero-order valence-corrected chi connectivity index (χ0v) is 13.8. The second-order valence-corrected chi connectivity index (χ2v) is 6.74. The van der Waals surface area contributed by atoms with Crippen molar-refractivity contribution < 1.29 is 19.5 Å². The van der Waals surface area contributed by atoms with Crippen molar-refractivity contribution in [2.45, 2.75) is 37.4 Å². The SMILES string of the molecule is Cn1cc(C[C@@H]2NC(=O)[C@H]3CC[C@H](C(=O)O)N3C2=O)c2ccccc21. The summed E-state index contributed by atoms with van der Waals surface area (Å²) < 4.78 is 1.98. The minimum Gasteiger partial charge on any atom is -0.480 e. The van der Waals surface area contributed by atoms with Crippen molar-refractivity contribution in [3.05, 3.63) is 36.0 Å². The van der Waals surface area contributed by atoms with Crippen molar-refractivity contribution >= 4 is 28.7 Å². The summed E-state index contributed by atoms with van der Waals surface area (Å²) in [6, 6.07) is 5.58. The number of carboxylic acids is 1. The van der Waals surface area contributed by atoms with Gasteiger partial charge in [-0.2, -0.15) is 0 Å². The normalized spacial score (nSPS) is 26.0. The molecule has 7 heteroatoms. The Balaban J connectivity index is 1.65. The van der Waals surface area contributed by atoms with Crippen molar-refractivity contribution in [1.29, 1.82) is 0 Å². The number of piperazine rings is 1. The number of aryl methyl sites for hydroxylation is 1. The molecule has 2 aliphatic heterocycles. The molecule has 25 heavy (non-hydrogen) atoms. The Morgan fingerprint density at radius 2 is 2.04 bits per heavy atom. The van der Waals surface area contributed by atoms with E-state index < -0.39 is 24.1 Å². The van der Waals surface area contributed by atoms with Crippen LogP contribution < -0.4 is 5.32 Å². The zero-order valence-electron chi connectivity index (χ0n) is 13.8. The first-order chi connectivity index (χ1) is 12.0. The smallest absolute Gasteiger partial charge is 0.326 e. The minimum atomic E-state index is -1.05. The maximum absolute atomic E-state index is 12.9. The highest BCUT2D eigenvalue weighted by Gasteiger charge is 2.50. The van der Waals surface area contributed by atoms with Crippen LogP contribution in [-0.2, 0) is 27.9 Å². The molecule has 2 saturated heterocycles. The number of fused-ring (bicyclic) bond motifs is 2. The largest absolute Gasteiger partial charge is 0.480 e. The summed E-state index contributed by atoms with van der Waals surface area (Å²) in [4.78, 5) is 37.9. The minimum absolute atomic E-state index is 0.256. The van der Waals surface area contributed by atoms with Gasteiger partial charge in [0.1, 0.15) is 18.1 Å². The number of nitrogens with one attached hydrogen (secondary N) is 1. The summed E-state index contributed by atoms with van der Waals surface area (Å²) in [5, 5.41) is 13.2. The Kier molecular flexibility index (Phi) is 3.52. The second kappa shape index (κ2) is 5.61. The molecule has 2 fully saturated rings. The fourth-order valence-corrected chi connectivity index (χ4v) is 4.07. The summed E-state index contributed by atoms with van der Waals surface area (Å²) in [5.74, 6) is -1.61. The second-order valence-electron chi connectivity index (χ2n) is 6.74. The van der Waals surface area contributed by atoms with E-state index in [-0.39, 0.29) is 11.8 Å². The van der Waals surface area contributed by atoms with Gasteiger partial charge < -0.3 is 19.9 Å². The molecule has 3 heterocycles. The van der Waals surface area contributed by atoms with Gasteiger partial charge in [-0.3, -0.25) is 9.59 Å². The van der Waals surface area contributed by atoms with Crippen LogP contribution in [0.4, 0.5) is 0 Å². The molecule has 4 rings (SSSR count). The maximum Gasteiger partial charge on any atom is 0.326 e. The van der Waals surface area contributed by atoms with Crippen LogP contribution in [0.15, 0.2) is 30.5 Å². The monoisotopic (exact) mass is 341 g/mol. The summed E-state index contributed by atoms with van der Waals surface area (Å²) in [5.41, 5.74) is 2.01. The quantitative estimate of drug-likeness (QED) is 0.858. The molecular weight excluding hydrogens is 322 g/mol. The zero-order chi connectivity index (χ0) is 17.7. The van der Waals surface area contributed by atoms with E-state index in [9.17, 15) is 19.5 Å². The molecule has 2 aromatic rings. The standard InChI is InChI=1S/C18H19N3O4/c1-20-9-10(11-4-2-3-5-13(11)20)8-12-17(23)21-14(16(22)19-12)6-7-15(21)18(24)25/h2-5,9,12,14-15H,6-8H2,1H3,(H,19,22)(H,24,25)/t12-,14+,15+/m0/s1. The molecule has 7 nitrogen and oxygen atoms in total. The van der Waals surface area contributed by atoms with Gasteiger partial charge >= 0.3 is 5.97 Å². The van der Waals surface area contributed by atoms with Gasteiger partial charge in [0.2, 0.25) is 11.8 Å². The lowest BCUT2D eigenvalue weighted by molar-refractivity contribution is -0.156. The molecule has 2 N–H and O–H groups in total.